The van der Waals surface area contributed by atoms with Gasteiger partial charge in [-0.05, 0) is 46.2 Å². The van der Waals surface area contributed by atoms with Crippen molar-refractivity contribution < 1.29 is 27.4 Å². The standard InChI is InChI=1S/C33H38F3N3O3/c1-31(2,3)23-17-22(18-24(32(4,5)6)28(23)42-29(40)33(34,35)36)27(41-7)20-39-26-16-12-11-15-25(26)38(30(39)37)19-21-13-9-8-10-14-21/h8-18,27,37H,19-20H2,1-7H3. The minimum Gasteiger partial charge on any atom is -0.419 e. The molecule has 0 bridgehead atoms. The average Bonchev–Trinajstić information content (AvgIpc) is 3.16. The van der Waals surface area contributed by atoms with Crippen molar-refractivity contribution in [2.24, 2.45) is 0 Å². The van der Waals surface area contributed by atoms with Crippen molar-refractivity contribution in [3.8, 4) is 5.75 Å². The number of carbonyl (C=O) groups is 1. The number of para-hydroxylation sites is 2. The number of esters is 1. The van der Waals surface area contributed by atoms with E-state index >= 15 is 0 Å². The van der Waals surface area contributed by atoms with Crippen LogP contribution in [0.1, 0.15) is 69.9 Å². The topological polar surface area (TPSA) is 69.2 Å². The summed E-state index contributed by atoms with van der Waals surface area (Å²) in [7, 11) is 1.57. The number of benzene rings is 3. The maximum absolute atomic E-state index is 13.3. The van der Waals surface area contributed by atoms with Crippen LogP contribution in [0.3, 0.4) is 0 Å². The molecule has 4 aromatic rings. The van der Waals surface area contributed by atoms with Crippen molar-refractivity contribution in [1.82, 2.24) is 9.13 Å². The summed E-state index contributed by atoms with van der Waals surface area (Å²) < 4.78 is 54.7. The van der Waals surface area contributed by atoms with Crippen molar-refractivity contribution >= 4 is 17.0 Å². The molecule has 0 fully saturated rings. The second-order valence-electron chi connectivity index (χ2n) is 12.6. The van der Waals surface area contributed by atoms with Crippen molar-refractivity contribution in [2.75, 3.05) is 7.11 Å². The Kier molecular flexibility index (Phi) is 8.47. The molecular weight excluding hydrogens is 543 g/mol. The van der Waals surface area contributed by atoms with Crippen LogP contribution < -0.4 is 10.4 Å². The molecule has 9 heteroatoms. The van der Waals surface area contributed by atoms with Crippen molar-refractivity contribution in [1.29, 1.82) is 5.41 Å². The first-order chi connectivity index (χ1) is 19.5. The van der Waals surface area contributed by atoms with E-state index in [1.54, 1.807) is 19.2 Å². The number of hydrogen-bond acceptors (Lipinski definition) is 4. The summed E-state index contributed by atoms with van der Waals surface area (Å²) in [6, 6.07) is 21.2. The van der Waals surface area contributed by atoms with Crippen LogP contribution in [-0.2, 0) is 33.5 Å². The van der Waals surface area contributed by atoms with Crippen LogP contribution >= 0.6 is 0 Å². The molecule has 6 nitrogen and oxygen atoms in total. The second-order valence-corrected chi connectivity index (χ2v) is 12.6. The van der Waals surface area contributed by atoms with Gasteiger partial charge < -0.3 is 18.6 Å². The number of rotatable bonds is 7. The van der Waals surface area contributed by atoms with E-state index in [0.29, 0.717) is 28.9 Å². The summed E-state index contributed by atoms with van der Waals surface area (Å²) >= 11 is 0. The molecule has 0 saturated heterocycles. The fourth-order valence-corrected chi connectivity index (χ4v) is 5.10. The highest BCUT2D eigenvalue weighted by atomic mass is 19.4. The third-order valence-corrected chi connectivity index (χ3v) is 7.32. The van der Waals surface area contributed by atoms with Crippen LogP contribution in [0.15, 0.2) is 66.7 Å². The van der Waals surface area contributed by atoms with E-state index < -0.39 is 29.1 Å². The second kappa shape index (κ2) is 11.4. The van der Waals surface area contributed by atoms with Gasteiger partial charge in [-0.15, -0.1) is 0 Å². The summed E-state index contributed by atoms with van der Waals surface area (Å²) in [6.45, 7) is 12.0. The number of aromatic nitrogens is 2. The zero-order chi connectivity index (χ0) is 31.0. The summed E-state index contributed by atoms with van der Waals surface area (Å²) in [6.07, 6.45) is -5.68. The molecule has 0 saturated carbocycles. The number of methoxy groups -OCH3 is 1. The first-order valence-electron chi connectivity index (χ1n) is 13.8. The normalized spacial score (nSPS) is 13.4. The molecule has 0 spiro atoms. The van der Waals surface area contributed by atoms with Crippen LogP contribution in [0, 0.1) is 5.41 Å². The molecule has 4 rings (SSSR count). The van der Waals surface area contributed by atoms with Gasteiger partial charge in [-0.1, -0.05) is 84.0 Å². The van der Waals surface area contributed by atoms with Gasteiger partial charge in [0, 0.05) is 18.2 Å². The quantitative estimate of drug-likeness (QED) is 0.182. The van der Waals surface area contributed by atoms with Gasteiger partial charge in [0.2, 0.25) is 5.62 Å². The third kappa shape index (κ3) is 6.46. The summed E-state index contributed by atoms with van der Waals surface area (Å²) in [5.74, 6) is -2.33. The predicted octanol–water partition coefficient (Wildman–Crippen LogP) is 7.42. The zero-order valence-electron chi connectivity index (χ0n) is 25.1. The summed E-state index contributed by atoms with van der Waals surface area (Å²) in [5.41, 5.74) is 3.46. The molecule has 0 aliphatic rings. The Morgan fingerprint density at radius 2 is 1.33 bits per heavy atom. The maximum atomic E-state index is 13.3. The van der Waals surface area contributed by atoms with E-state index in [-0.39, 0.29) is 12.3 Å². The van der Waals surface area contributed by atoms with E-state index in [1.165, 1.54) is 0 Å². The predicted molar refractivity (Wildman–Crippen MR) is 157 cm³/mol. The highest BCUT2D eigenvalue weighted by Crippen LogP contribution is 2.43. The number of nitrogens with one attached hydrogen (secondary N) is 1. The van der Waals surface area contributed by atoms with Crippen LogP contribution in [0.25, 0.3) is 11.0 Å². The Bertz CT molecular complexity index is 1600. The SMILES string of the molecule is COC(Cn1c(=N)n(Cc2ccccc2)c2ccccc21)c1cc(C(C)(C)C)c(OC(=O)C(F)(F)F)c(C(C)(C)C)c1. The molecule has 0 aliphatic carbocycles. The molecule has 1 heterocycles. The van der Waals surface area contributed by atoms with Crippen molar-refractivity contribution in [3.05, 3.63) is 94.6 Å². The van der Waals surface area contributed by atoms with Crippen LogP contribution in [0.2, 0.25) is 0 Å². The summed E-state index contributed by atoms with van der Waals surface area (Å²) in [5, 5.41) is 9.11. The minimum absolute atomic E-state index is 0.0794. The fraction of sp³-hybridized carbons (Fsp3) is 0.394. The lowest BCUT2D eigenvalue weighted by Crippen LogP contribution is -2.31. The van der Waals surface area contributed by atoms with Crippen LogP contribution in [0.5, 0.6) is 5.75 Å². The lowest BCUT2D eigenvalue weighted by molar-refractivity contribution is -0.189. The molecule has 224 valence electrons. The first-order valence-corrected chi connectivity index (χ1v) is 13.8. The lowest BCUT2D eigenvalue weighted by atomic mass is 9.77. The molecule has 1 unspecified atom stereocenters. The Morgan fingerprint density at radius 3 is 1.81 bits per heavy atom. The van der Waals surface area contributed by atoms with E-state index in [1.807, 2.05) is 105 Å². The number of hydrogen-bond donors (Lipinski definition) is 1. The van der Waals surface area contributed by atoms with Gasteiger partial charge in [0.05, 0.1) is 24.1 Å². The van der Waals surface area contributed by atoms with E-state index in [2.05, 4.69) is 0 Å². The molecule has 1 N–H and O–H groups in total. The molecule has 1 atom stereocenters. The number of ether oxygens (including phenoxy) is 2. The van der Waals surface area contributed by atoms with Gasteiger partial charge in [0.1, 0.15) is 11.9 Å². The van der Waals surface area contributed by atoms with Gasteiger partial charge in [-0.25, -0.2) is 4.79 Å². The summed E-state index contributed by atoms with van der Waals surface area (Å²) in [4.78, 5) is 12.0. The molecule has 0 aliphatic heterocycles. The van der Waals surface area contributed by atoms with E-state index in [4.69, 9.17) is 14.9 Å². The van der Waals surface area contributed by atoms with Crippen LogP contribution in [-0.4, -0.2) is 28.4 Å². The van der Waals surface area contributed by atoms with Gasteiger partial charge in [0.25, 0.3) is 0 Å². The molecule has 0 radical (unpaired) electrons. The highest BCUT2D eigenvalue weighted by Gasteiger charge is 2.43. The van der Waals surface area contributed by atoms with Gasteiger partial charge in [-0.2, -0.15) is 13.2 Å². The van der Waals surface area contributed by atoms with Crippen LogP contribution in [0.4, 0.5) is 13.2 Å². The van der Waals surface area contributed by atoms with E-state index in [9.17, 15) is 18.0 Å². The smallest absolute Gasteiger partial charge is 0.419 e. The van der Waals surface area contributed by atoms with Crippen molar-refractivity contribution in [2.45, 2.75) is 77.7 Å². The van der Waals surface area contributed by atoms with Crippen molar-refractivity contribution in [3.63, 3.8) is 0 Å². The molecule has 42 heavy (non-hydrogen) atoms. The Hall–Kier alpha value is -3.85. The minimum atomic E-state index is -5.13. The highest BCUT2D eigenvalue weighted by molar-refractivity contribution is 5.79. The molecular formula is C33H38F3N3O3. The van der Waals surface area contributed by atoms with E-state index in [0.717, 1.165) is 16.6 Å². The number of alkyl halides is 3. The zero-order valence-corrected chi connectivity index (χ0v) is 25.1. The van der Waals surface area contributed by atoms with Gasteiger partial charge in [0.15, 0.2) is 0 Å². The number of nitrogens with zero attached hydrogens (tertiary/aromatic N) is 2. The Labute approximate surface area is 244 Å². The number of halogens is 3. The Balaban J connectivity index is 1.85. The molecule has 1 aromatic heterocycles. The largest absolute Gasteiger partial charge is 0.491 e. The first kappa shape index (κ1) is 31.1. The monoisotopic (exact) mass is 581 g/mol. The maximum Gasteiger partial charge on any atom is 0.491 e. The number of carbonyl (C=O) groups excluding carboxylic acids is 1. The van der Waals surface area contributed by atoms with Gasteiger partial charge in [-0.3, -0.25) is 5.41 Å². The molecule has 3 aromatic carbocycles. The number of fused-ring (bicyclic) bond motifs is 1. The average molecular weight is 582 g/mol. The fourth-order valence-electron chi connectivity index (χ4n) is 5.10. The third-order valence-electron chi connectivity index (χ3n) is 7.32. The Morgan fingerprint density at radius 1 is 0.833 bits per heavy atom. The number of imidazole rings is 1. The van der Waals surface area contributed by atoms with Gasteiger partial charge >= 0.3 is 12.1 Å². The lowest BCUT2D eigenvalue weighted by Gasteiger charge is -2.31. The molecule has 0 amide bonds.